The molecule has 3 aliphatic rings. The van der Waals surface area contributed by atoms with Crippen LogP contribution in [0.5, 0.6) is 0 Å². The van der Waals surface area contributed by atoms with E-state index in [-0.39, 0.29) is 58.3 Å². The fourth-order valence-electron chi connectivity index (χ4n) is 8.88. The zero-order valence-corrected chi connectivity index (χ0v) is 32.8. The van der Waals surface area contributed by atoms with Crippen molar-refractivity contribution in [2.75, 3.05) is 21.1 Å². The molecule has 10 nitrogen and oxygen atoms in total. The van der Waals surface area contributed by atoms with Crippen LogP contribution in [0.3, 0.4) is 0 Å². The van der Waals surface area contributed by atoms with E-state index in [1.165, 1.54) is 0 Å². The van der Waals surface area contributed by atoms with Gasteiger partial charge in [0.15, 0.2) is 0 Å². The van der Waals surface area contributed by atoms with E-state index in [1.807, 2.05) is 0 Å². The molecule has 0 aromatic heterocycles. The molecule has 0 saturated carbocycles. The lowest BCUT2D eigenvalue weighted by Crippen LogP contribution is -2.60. The zero-order chi connectivity index (χ0) is 36.8. The minimum absolute atomic E-state index is 0.195. The summed E-state index contributed by atoms with van der Waals surface area (Å²) in [4.78, 5) is 60.5. The summed E-state index contributed by atoms with van der Waals surface area (Å²) in [7, 11) is 6.23. The largest absolute Gasteiger partial charge is 0.462 e. The van der Waals surface area contributed by atoms with Crippen LogP contribution >= 0.6 is 0 Å². The Morgan fingerprint density at radius 1 is 0.542 bits per heavy atom. The molecule has 0 amide bonds. The molecular weight excluding hydrogens is 610 g/mol. The van der Waals surface area contributed by atoms with Gasteiger partial charge in [-0.1, -0.05) is 0 Å². The Kier molecular flexibility index (Phi) is 11.7. The van der Waals surface area contributed by atoms with E-state index in [2.05, 4.69) is 119 Å². The molecule has 3 aliphatic heterocycles. The van der Waals surface area contributed by atoms with Crippen molar-refractivity contribution >= 4 is 24.2 Å². The van der Waals surface area contributed by atoms with Crippen LogP contribution in [0, 0.1) is 11.8 Å². The molecule has 3 heterocycles. The maximum absolute atomic E-state index is 14.0. The molecule has 3 rings (SSSR count). The van der Waals surface area contributed by atoms with Crippen molar-refractivity contribution in [2.45, 2.75) is 186 Å². The molecule has 3 fully saturated rings. The molecule has 3 saturated heterocycles. The number of aldehydes is 1. The number of carbonyl (C=O) groups excluding carboxylic acids is 4. The van der Waals surface area contributed by atoms with Gasteiger partial charge in [0, 0.05) is 77.7 Å². The topological polar surface area (TPSA) is 106 Å². The van der Waals surface area contributed by atoms with Crippen LogP contribution in [0.25, 0.3) is 0 Å². The highest BCUT2D eigenvalue weighted by atomic mass is 16.6. The summed E-state index contributed by atoms with van der Waals surface area (Å²) < 4.78 is 18.1. The molecule has 0 radical (unpaired) electrons. The number of piperidine rings is 3. The molecule has 2 atom stereocenters. The SMILES string of the molecule is CN1C(C)(C)CC(OC(=O)CC(C=O)C(CC(=O)OC2CC(C)(C)N(C)C(C)(C)C2)C(=O)OC2CC(C)(C)N(C)C(C)(C)C2)CC1(C)C. The predicted octanol–water partition coefficient (Wildman–Crippen LogP) is 5.78. The van der Waals surface area contributed by atoms with Gasteiger partial charge < -0.3 is 19.0 Å². The molecule has 0 N–H and O–H groups in total. The van der Waals surface area contributed by atoms with Gasteiger partial charge in [-0.15, -0.1) is 0 Å². The number of hydrogen-bond donors (Lipinski definition) is 0. The van der Waals surface area contributed by atoms with Crippen LogP contribution in [0.4, 0.5) is 0 Å². The smallest absolute Gasteiger partial charge is 0.310 e. The van der Waals surface area contributed by atoms with Crippen molar-refractivity contribution in [3.63, 3.8) is 0 Å². The maximum atomic E-state index is 14.0. The third-order valence-corrected chi connectivity index (χ3v) is 12.5. The number of carbonyl (C=O) groups is 4. The Hall–Kier alpha value is -2.04. The van der Waals surface area contributed by atoms with Gasteiger partial charge in [0.1, 0.15) is 24.6 Å². The van der Waals surface area contributed by atoms with Gasteiger partial charge in [-0.25, -0.2) is 0 Å². The fourth-order valence-corrected chi connectivity index (χ4v) is 8.88. The molecular formula is C38H67N3O7. The summed E-state index contributed by atoms with van der Waals surface area (Å²) in [5.74, 6) is -4.04. The van der Waals surface area contributed by atoms with Crippen molar-refractivity contribution in [1.82, 2.24) is 14.7 Å². The normalized spacial score (nSPS) is 27.4. The lowest BCUT2D eigenvalue weighted by atomic mass is 9.78. The average Bonchev–Trinajstić information content (AvgIpc) is 2.89. The van der Waals surface area contributed by atoms with Gasteiger partial charge in [-0.3, -0.25) is 29.1 Å². The first-order valence-electron chi connectivity index (χ1n) is 17.9. The van der Waals surface area contributed by atoms with Gasteiger partial charge in [-0.2, -0.15) is 0 Å². The van der Waals surface area contributed by atoms with Gasteiger partial charge in [0.25, 0.3) is 0 Å². The number of likely N-dealkylation sites (tertiary alicyclic amines) is 3. The van der Waals surface area contributed by atoms with Crippen LogP contribution in [-0.4, -0.2) is 112 Å². The number of rotatable bonds is 10. The van der Waals surface area contributed by atoms with E-state index >= 15 is 0 Å². The van der Waals surface area contributed by atoms with Crippen molar-refractivity contribution in [3.8, 4) is 0 Å². The van der Waals surface area contributed by atoms with Crippen molar-refractivity contribution in [2.24, 2.45) is 11.8 Å². The van der Waals surface area contributed by atoms with Crippen molar-refractivity contribution < 1.29 is 33.4 Å². The lowest BCUT2D eigenvalue weighted by molar-refractivity contribution is -0.174. The first kappa shape index (κ1) is 40.4. The first-order chi connectivity index (χ1) is 21.6. The van der Waals surface area contributed by atoms with E-state index in [0.29, 0.717) is 44.8 Å². The molecule has 10 heteroatoms. The van der Waals surface area contributed by atoms with Crippen molar-refractivity contribution in [1.29, 1.82) is 0 Å². The predicted molar refractivity (Wildman–Crippen MR) is 187 cm³/mol. The lowest BCUT2D eigenvalue weighted by Gasteiger charge is -2.53. The highest BCUT2D eigenvalue weighted by Crippen LogP contribution is 2.41. The Bertz CT molecular complexity index is 1150. The summed E-state index contributed by atoms with van der Waals surface area (Å²) in [6, 6.07) is 0. The Balaban J connectivity index is 1.81. The number of nitrogens with zero attached hydrogens (tertiary/aromatic N) is 3. The highest BCUT2D eigenvalue weighted by Gasteiger charge is 2.48. The molecule has 0 spiro atoms. The third-order valence-electron chi connectivity index (χ3n) is 12.5. The minimum atomic E-state index is -1.17. The number of ether oxygens (including phenoxy) is 3. The Morgan fingerprint density at radius 3 is 1.10 bits per heavy atom. The van der Waals surface area contributed by atoms with E-state index < -0.39 is 35.8 Å². The van der Waals surface area contributed by atoms with Crippen LogP contribution in [-0.2, 0) is 33.4 Å². The Labute approximate surface area is 290 Å². The van der Waals surface area contributed by atoms with E-state index in [9.17, 15) is 19.2 Å². The molecule has 0 aromatic rings. The third kappa shape index (κ3) is 9.19. The highest BCUT2D eigenvalue weighted by molar-refractivity contribution is 5.85. The number of hydrogen-bond acceptors (Lipinski definition) is 10. The second kappa shape index (κ2) is 13.9. The van der Waals surface area contributed by atoms with E-state index in [1.54, 1.807) is 0 Å². The second-order valence-corrected chi connectivity index (χ2v) is 18.9. The molecule has 0 aliphatic carbocycles. The minimum Gasteiger partial charge on any atom is -0.462 e. The summed E-state index contributed by atoms with van der Waals surface area (Å²) in [6.45, 7) is 25.5. The van der Waals surface area contributed by atoms with Gasteiger partial charge in [0.2, 0.25) is 0 Å². The maximum Gasteiger partial charge on any atom is 0.310 e. The molecule has 276 valence electrons. The van der Waals surface area contributed by atoms with Gasteiger partial charge in [-0.05, 0) is 104 Å². The fraction of sp³-hybridized carbons (Fsp3) is 0.895. The quantitative estimate of drug-likeness (QED) is 0.161. The van der Waals surface area contributed by atoms with Crippen LogP contribution in [0.2, 0.25) is 0 Å². The summed E-state index contributed by atoms with van der Waals surface area (Å²) in [5, 5.41) is 0. The number of esters is 3. The monoisotopic (exact) mass is 677 g/mol. The Morgan fingerprint density at radius 2 is 0.812 bits per heavy atom. The van der Waals surface area contributed by atoms with Crippen LogP contribution in [0.1, 0.15) is 134 Å². The van der Waals surface area contributed by atoms with Crippen molar-refractivity contribution in [3.05, 3.63) is 0 Å². The van der Waals surface area contributed by atoms with Gasteiger partial charge >= 0.3 is 17.9 Å². The van der Waals surface area contributed by atoms with Gasteiger partial charge in [0.05, 0.1) is 18.8 Å². The molecule has 48 heavy (non-hydrogen) atoms. The first-order valence-corrected chi connectivity index (χ1v) is 17.9. The molecule has 0 aromatic carbocycles. The van der Waals surface area contributed by atoms with E-state index in [4.69, 9.17) is 14.2 Å². The van der Waals surface area contributed by atoms with Crippen LogP contribution in [0.15, 0.2) is 0 Å². The summed E-state index contributed by atoms with van der Waals surface area (Å²) in [5.41, 5.74) is -1.27. The average molecular weight is 678 g/mol. The van der Waals surface area contributed by atoms with E-state index in [0.717, 1.165) is 0 Å². The molecule has 0 bridgehead atoms. The van der Waals surface area contributed by atoms with Crippen LogP contribution < -0.4 is 0 Å². The zero-order valence-electron chi connectivity index (χ0n) is 32.8. The molecule has 2 unspecified atom stereocenters. The summed E-state index contributed by atoms with van der Waals surface area (Å²) >= 11 is 0. The second-order valence-electron chi connectivity index (χ2n) is 18.9. The summed E-state index contributed by atoms with van der Waals surface area (Å²) in [6.07, 6.45) is 2.63. The standard InChI is InChI=1S/C38H67N3O7/c1-33(2)18-26(19-34(3,4)39(33)13)46-30(43)16-25(24-42)29(32(45)48-28-22-37(9,10)41(15)38(11,12)23-28)17-31(44)47-27-20-35(5,6)40(14)36(7,8)21-27/h24-29H,16-23H2,1-15H3.